The second-order valence-electron chi connectivity index (χ2n) is 10.5. The molecule has 3 N–H and O–H groups in total. The zero-order valence-electron chi connectivity index (χ0n) is 21.0. The molecule has 0 amide bonds. The van der Waals surface area contributed by atoms with Gasteiger partial charge in [-0.25, -0.2) is 4.98 Å². The van der Waals surface area contributed by atoms with E-state index in [1.807, 2.05) is 35.9 Å². The molecule has 0 unspecified atom stereocenters. The topological polar surface area (TPSA) is 105 Å². The van der Waals surface area contributed by atoms with Gasteiger partial charge in [0.05, 0.1) is 17.3 Å². The van der Waals surface area contributed by atoms with Crippen molar-refractivity contribution in [3.05, 3.63) is 59.4 Å². The van der Waals surface area contributed by atoms with E-state index < -0.39 is 18.0 Å². The SMILES string of the molecule is Cn1cnnc1[C@@H](c1cccc(-c2n[nH]c3c(CN[C@@H]4CCC[C@@H]4O)nc(C(F)(F)F)cc23)c1)C1CCC1. The van der Waals surface area contributed by atoms with E-state index >= 15 is 0 Å². The highest BCUT2D eigenvalue weighted by molar-refractivity contribution is 5.94. The van der Waals surface area contributed by atoms with Gasteiger partial charge in [0.2, 0.25) is 0 Å². The third-order valence-electron chi connectivity index (χ3n) is 8.10. The van der Waals surface area contributed by atoms with Crippen LogP contribution in [-0.4, -0.2) is 47.2 Å². The van der Waals surface area contributed by atoms with Crippen LogP contribution in [0.1, 0.15) is 67.2 Å². The summed E-state index contributed by atoms with van der Waals surface area (Å²) in [6.45, 7) is 0.0970. The number of aryl methyl sites for hydroxylation is 1. The van der Waals surface area contributed by atoms with Crippen molar-refractivity contribution in [3.63, 3.8) is 0 Å². The molecule has 3 atom stereocenters. The number of pyridine rings is 1. The highest BCUT2D eigenvalue weighted by Crippen LogP contribution is 2.43. The van der Waals surface area contributed by atoms with Crippen LogP contribution in [0.25, 0.3) is 22.2 Å². The number of fused-ring (bicyclic) bond motifs is 1. The van der Waals surface area contributed by atoms with Crippen LogP contribution in [0.3, 0.4) is 0 Å². The van der Waals surface area contributed by atoms with Crippen molar-refractivity contribution in [1.82, 2.24) is 35.3 Å². The molecule has 2 aliphatic carbocycles. The number of halogens is 3. The number of alkyl halides is 3. The molecule has 8 nitrogen and oxygen atoms in total. The normalized spacial score (nSPS) is 21.2. The molecule has 6 rings (SSSR count). The van der Waals surface area contributed by atoms with E-state index in [-0.39, 0.29) is 24.2 Å². The largest absolute Gasteiger partial charge is 0.433 e. The predicted molar refractivity (Wildman–Crippen MR) is 135 cm³/mol. The first-order valence-corrected chi connectivity index (χ1v) is 13.1. The molecule has 200 valence electrons. The van der Waals surface area contributed by atoms with E-state index in [1.165, 1.54) is 6.42 Å². The summed E-state index contributed by atoms with van der Waals surface area (Å²) < 4.78 is 43.5. The van der Waals surface area contributed by atoms with Gasteiger partial charge in [-0.3, -0.25) is 5.10 Å². The van der Waals surface area contributed by atoms with Gasteiger partial charge < -0.3 is 15.0 Å². The van der Waals surface area contributed by atoms with Crippen LogP contribution in [0.5, 0.6) is 0 Å². The third kappa shape index (κ3) is 4.58. The Hall–Kier alpha value is -3.31. The average Bonchev–Trinajstić information content (AvgIpc) is 3.59. The Morgan fingerprint density at radius 3 is 2.63 bits per heavy atom. The van der Waals surface area contributed by atoms with Gasteiger partial charge in [0, 0.05) is 36.5 Å². The highest BCUT2D eigenvalue weighted by atomic mass is 19.4. The number of aromatic amines is 1. The molecule has 38 heavy (non-hydrogen) atoms. The minimum Gasteiger partial charge on any atom is -0.392 e. The Kier molecular flexibility index (Phi) is 6.43. The summed E-state index contributed by atoms with van der Waals surface area (Å²) in [5.41, 5.74) is 1.95. The molecule has 0 bridgehead atoms. The van der Waals surface area contributed by atoms with E-state index in [4.69, 9.17) is 0 Å². The van der Waals surface area contributed by atoms with E-state index in [9.17, 15) is 18.3 Å². The average molecular weight is 526 g/mol. The van der Waals surface area contributed by atoms with Gasteiger partial charge in [0.25, 0.3) is 0 Å². The smallest absolute Gasteiger partial charge is 0.392 e. The molecule has 11 heteroatoms. The molecular weight excluding hydrogens is 495 g/mol. The standard InChI is InChI=1S/C27H30F3N7O/c1-37-14-32-36-26(37)23(15-5-2-6-15)16-7-3-8-17(11-16)24-18-12-22(27(28,29)30)33-20(25(18)35-34-24)13-31-19-9-4-10-21(19)38/h3,7-8,11-12,14-15,19,21,23,31,38H,2,4-6,9-10,13H2,1H3,(H,34,35)/t19-,21+,23-/m1/s1. The number of hydrogen-bond acceptors (Lipinski definition) is 6. The fraction of sp³-hybridized carbons (Fsp3) is 0.481. The number of rotatable bonds is 7. The summed E-state index contributed by atoms with van der Waals surface area (Å²) in [5.74, 6) is 1.37. The second-order valence-corrected chi connectivity index (χ2v) is 10.5. The Morgan fingerprint density at radius 1 is 1.16 bits per heavy atom. The van der Waals surface area contributed by atoms with E-state index in [1.54, 1.807) is 6.33 Å². The molecule has 2 saturated carbocycles. The molecule has 3 heterocycles. The summed E-state index contributed by atoms with van der Waals surface area (Å²) >= 11 is 0. The van der Waals surface area contributed by atoms with E-state index in [2.05, 4.69) is 30.7 Å². The lowest BCUT2D eigenvalue weighted by molar-refractivity contribution is -0.141. The molecule has 2 fully saturated rings. The van der Waals surface area contributed by atoms with Gasteiger partial charge in [-0.15, -0.1) is 10.2 Å². The summed E-state index contributed by atoms with van der Waals surface area (Å²) in [6.07, 6.45) is 2.29. The van der Waals surface area contributed by atoms with Gasteiger partial charge in [-0.1, -0.05) is 24.6 Å². The van der Waals surface area contributed by atoms with Gasteiger partial charge in [0.15, 0.2) is 0 Å². The summed E-state index contributed by atoms with van der Waals surface area (Å²) in [7, 11) is 1.93. The van der Waals surface area contributed by atoms with Crippen molar-refractivity contribution >= 4 is 10.9 Å². The number of aromatic nitrogens is 6. The number of hydrogen-bond donors (Lipinski definition) is 3. The Morgan fingerprint density at radius 2 is 1.97 bits per heavy atom. The lowest BCUT2D eigenvalue weighted by Crippen LogP contribution is -2.35. The second kappa shape index (κ2) is 9.77. The Bertz CT molecular complexity index is 1440. The van der Waals surface area contributed by atoms with Crippen molar-refractivity contribution in [3.8, 4) is 11.3 Å². The minimum absolute atomic E-state index is 0.0476. The maximum absolute atomic E-state index is 13.9. The number of aliphatic hydroxyl groups excluding tert-OH is 1. The zero-order valence-corrected chi connectivity index (χ0v) is 21.0. The lowest BCUT2D eigenvalue weighted by atomic mass is 9.72. The highest BCUT2D eigenvalue weighted by Gasteiger charge is 2.35. The molecule has 3 aromatic heterocycles. The van der Waals surface area contributed by atoms with E-state index in [0.29, 0.717) is 28.9 Å². The first-order valence-electron chi connectivity index (χ1n) is 13.1. The first kappa shape index (κ1) is 25.0. The molecule has 4 aromatic rings. The predicted octanol–water partition coefficient (Wildman–Crippen LogP) is 4.71. The molecule has 1 aromatic carbocycles. The van der Waals surface area contributed by atoms with Crippen LogP contribution in [-0.2, 0) is 19.8 Å². The Balaban J connectivity index is 1.40. The van der Waals surface area contributed by atoms with Crippen LogP contribution < -0.4 is 5.32 Å². The maximum atomic E-state index is 13.9. The van der Waals surface area contributed by atoms with Gasteiger partial charge in [-0.2, -0.15) is 18.3 Å². The monoisotopic (exact) mass is 525 g/mol. The summed E-state index contributed by atoms with van der Waals surface area (Å²) in [6, 6.07) is 8.75. The molecule has 0 aliphatic heterocycles. The Labute approximate surface area is 217 Å². The number of benzene rings is 1. The number of nitrogens with zero attached hydrogens (tertiary/aromatic N) is 5. The fourth-order valence-corrected chi connectivity index (χ4v) is 5.84. The molecular formula is C27H30F3N7O. The van der Waals surface area contributed by atoms with Crippen molar-refractivity contribution in [1.29, 1.82) is 0 Å². The maximum Gasteiger partial charge on any atom is 0.433 e. The third-order valence-corrected chi connectivity index (χ3v) is 8.10. The fourth-order valence-electron chi connectivity index (χ4n) is 5.84. The van der Waals surface area contributed by atoms with Crippen LogP contribution in [0.2, 0.25) is 0 Å². The van der Waals surface area contributed by atoms with Crippen LogP contribution >= 0.6 is 0 Å². The van der Waals surface area contributed by atoms with Gasteiger partial charge in [0.1, 0.15) is 23.5 Å². The first-order chi connectivity index (χ1) is 18.3. The quantitative estimate of drug-likeness (QED) is 0.323. The van der Waals surface area contributed by atoms with Crippen LogP contribution in [0.15, 0.2) is 36.7 Å². The van der Waals surface area contributed by atoms with Crippen LogP contribution in [0, 0.1) is 5.92 Å². The van der Waals surface area contributed by atoms with E-state index in [0.717, 1.165) is 48.7 Å². The number of H-pyrrole nitrogens is 1. The van der Waals surface area contributed by atoms with Gasteiger partial charge >= 0.3 is 6.18 Å². The van der Waals surface area contributed by atoms with Crippen molar-refractivity contribution in [2.75, 3.05) is 0 Å². The van der Waals surface area contributed by atoms with Crippen LogP contribution in [0.4, 0.5) is 13.2 Å². The number of aliphatic hydroxyl groups is 1. The van der Waals surface area contributed by atoms with Crippen molar-refractivity contribution in [2.24, 2.45) is 13.0 Å². The minimum atomic E-state index is -4.60. The molecule has 0 saturated heterocycles. The van der Waals surface area contributed by atoms with Crippen molar-refractivity contribution in [2.45, 2.75) is 69.3 Å². The number of nitrogens with one attached hydrogen (secondary N) is 2. The zero-order chi connectivity index (χ0) is 26.4. The lowest BCUT2D eigenvalue weighted by Gasteiger charge is -2.33. The summed E-state index contributed by atoms with van der Waals surface area (Å²) in [5, 5.41) is 29.6. The van der Waals surface area contributed by atoms with Gasteiger partial charge in [-0.05, 0) is 55.7 Å². The summed E-state index contributed by atoms with van der Waals surface area (Å²) in [4.78, 5) is 3.94. The molecule has 2 aliphatic rings. The van der Waals surface area contributed by atoms with Crippen molar-refractivity contribution < 1.29 is 18.3 Å². The molecule has 0 radical (unpaired) electrons. The molecule has 0 spiro atoms.